The standard InChI is InChI=1S/C15H24N2O2S/c1-11(2)15(6-7-15)10-17-20(18,19)14-8-13(9-16)5-4-12(14)3/h4-5,8,11,17H,6-7,9-10,16H2,1-3H3. The summed E-state index contributed by atoms with van der Waals surface area (Å²) in [5.74, 6) is 0.502. The Balaban J connectivity index is 2.18. The summed E-state index contributed by atoms with van der Waals surface area (Å²) < 4.78 is 27.7. The predicted molar refractivity (Wildman–Crippen MR) is 80.8 cm³/mol. The molecule has 0 radical (unpaired) electrons. The van der Waals surface area contributed by atoms with Gasteiger partial charge >= 0.3 is 0 Å². The highest BCUT2D eigenvalue weighted by atomic mass is 32.2. The summed E-state index contributed by atoms with van der Waals surface area (Å²) in [6, 6.07) is 5.35. The van der Waals surface area contributed by atoms with Gasteiger partial charge in [0.05, 0.1) is 4.90 Å². The van der Waals surface area contributed by atoms with Crippen LogP contribution in [-0.4, -0.2) is 15.0 Å². The molecule has 0 heterocycles. The third kappa shape index (κ3) is 3.05. The van der Waals surface area contributed by atoms with E-state index >= 15 is 0 Å². The topological polar surface area (TPSA) is 72.2 Å². The van der Waals surface area contributed by atoms with E-state index in [2.05, 4.69) is 18.6 Å². The van der Waals surface area contributed by atoms with Gasteiger partial charge in [-0.3, -0.25) is 0 Å². The molecule has 4 nitrogen and oxygen atoms in total. The number of sulfonamides is 1. The molecule has 5 heteroatoms. The maximum Gasteiger partial charge on any atom is 0.240 e. The first-order valence-electron chi connectivity index (χ1n) is 7.10. The monoisotopic (exact) mass is 296 g/mol. The van der Waals surface area contributed by atoms with Crippen molar-refractivity contribution >= 4 is 10.0 Å². The first-order chi connectivity index (χ1) is 9.31. The largest absolute Gasteiger partial charge is 0.326 e. The van der Waals surface area contributed by atoms with Gasteiger partial charge in [-0.1, -0.05) is 26.0 Å². The van der Waals surface area contributed by atoms with Crippen LogP contribution in [0.15, 0.2) is 23.1 Å². The lowest BCUT2D eigenvalue weighted by Gasteiger charge is -2.20. The minimum atomic E-state index is -3.46. The zero-order chi connectivity index (χ0) is 15.0. The Morgan fingerprint density at radius 2 is 2.00 bits per heavy atom. The fraction of sp³-hybridized carbons (Fsp3) is 0.600. The first kappa shape index (κ1) is 15.5. The SMILES string of the molecule is Cc1ccc(CN)cc1S(=O)(=O)NCC1(C(C)C)CC1. The molecular formula is C15H24N2O2S. The zero-order valence-electron chi connectivity index (χ0n) is 12.4. The lowest BCUT2D eigenvalue weighted by atomic mass is 9.93. The molecule has 0 aliphatic heterocycles. The van der Waals surface area contributed by atoms with E-state index in [9.17, 15) is 8.42 Å². The average molecular weight is 296 g/mol. The van der Waals surface area contributed by atoms with Gasteiger partial charge in [0.25, 0.3) is 0 Å². The zero-order valence-corrected chi connectivity index (χ0v) is 13.3. The minimum Gasteiger partial charge on any atom is -0.326 e. The fourth-order valence-electron chi connectivity index (χ4n) is 2.50. The summed E-state index contributed by atoms with van der Waals surface area (Å²) in [5.41, 5.74) is 7.34. The Kier molecular flexibility index (Phi) is 4.23. The highest BCUT2D eigenvalue weighted by molar-refractivity contribution is 7.89. The van der Waals surface area contributed by atoms with Crippen molar-refractivity contribution in [2.75, 3.05) is 6.54 Å². The van der Waals surface area contributed by atoms with E-state index in [1.165, 1.54) is 0 Å². The molecule has 1 aliphatic carbocycles. The third-order valence-corrected chi connectivity index (χ3v) is 6.05. The van der Waals surface area contributed by atoms with Gasteiger partial charge < -0.3 is 5.73 Å². The Labute approximate surface area is 121 Å². The van der Waals surface area contributed by atoms with Gasteiger partial charge in [0.2, 0.25) is 10.0 Å². The quantitative estimate of drug-likeness (QED) is 0.845. The van der Waals surface area contributed by atoms with Gasteiger partial charge in [0, 0.05) is 13.1 Å². The summed E-state index contributed by atoms with van der Waals surface area (Å²) in [6.07, 6.45) is 2.21. The van der Waals surface area contributed by atoms with Gasteiger partial charge in [0.15, 0.2) is 0 Å². The Bertz CT molecular complexity index is 590. The minimum absolute atomic E-state index is 0.159. The summed E-state index contributed by atoms with van der Waals surface area (Å²) in [6.45, 7) is 6.99. The fourth-order valence-corrected chi connectivity index (χ4v) is 3.93. The molecular weight excluding hydrogens is 272 g/mol. The molecule has 1 fully saturated rings. The molecule has 0 bridgehead atoms. The van der Waals surface area contributed by atoms with E-state index in [1.54, 1.807) is 6.07 Å². The van der Waals surface area contributed by atoms with Crippen molar-refractivity contribution in [1.29, 1.82) is 0 Å². The molecule has 0 amide bonds. The van der Waals surface area contributed by atoms with Crippen LogP contribution < -0.4 is 10.5 Å². The Morgan fingerprint density at radius 1 is 1.35 bits per heavy atom. The van der Waals surface area contributed by atoms with Gasteiger partial charge in [-0.25, -0.2) is 13.1 Å². The van der Waals surface area contributed by atoms with E-state index in [-0.39, 0.29) is 5.41 Å². The number of hydrogen-bond acceptors (Lipinski definition) is 3. The molecule has 0 atom stereocenters. The van der Waals surface area contributed by atoms with Crippen molar-refractivity contribution < 1.29 is 8.42 Å². The number of nitrogens with one attached hydrogen (secondary N) is 1. The molecule has 0 saturated heterocycles. The summed E-state index contributed by atoms with van der Waals surface area (Å²) in [7, 11) is -3.46. The summed E-state index contributed by atoms with van der Waals surface area (Å²) in [5, 5.41) is 0. The summed E-state index contributed by atoms with van der Waals surface area (Å²) >= 11 is 0. The van der Waals surface area contributed by atoms with E-state index in [4.69, 9.17) is 5.73 Å². The normalized spacial score (nSPS) is 17.4. The number of hydrogen-bond donors (Lipinski definition) is 2. The van der Waals surface area contributed by atoms with Crippen molar-refractivity contribution in [2.24, 2.45) is 17.1 Å². The molecule has 0 aromatic heterocycles. The van der Waals surface area contributed by atoms with Crippen LogP contribution >= 0.6 is 0 Å². The van der Waals surface area contributed by atoms with Gasteiger partial charge in [0.1, 0.15) is 0 Å². The van der Waals surface area contributed by atoms with E-state index < -0.39 is 10.0 Å². The molecule has 0 unspecified atom stereocenters. The van der Waals surface area contributed by atoms with Crippen molar-refractivity contribution in [3.63, 3.8) is 0 Å². The van der Waals surface area contributed by atoms with Crippen LogP contribution in [0.3, 0.4) is 0 Å². The maximum absolute atomic E-state index is 12.5. The van der Waals surface area contributed by atoms with Crippen molar-refractivity contribution in [3.05, 3.63) is 29.3 Å². The predicted octanol–water partition coefficient (Wildman–Crippen LogP) is 2.17. The molecule has 2 rings (SSSR count). The molecule has 112 valence electrons. The molecule has 3 N–H and O–H groups in total. The number of nitrogens with two attached hydrogens (primary N) is 1. The lowest BCUT2D eigenvalue weighted by molar-refractivity contribution is 0.357. The van der Waals surface area contributed by atoms with Crippen LogP contribution in [-0.2, 0) is 16.6 Å². The smallest absolute Gasteiger partial charge is 0.240 e. The maximum atomic E-state index is 12.5. The van der Waals surface area contributed by atoms with Crippen LogP contribution in [0.2, 0.25) is 0 Å². The average Bonchev–Trinajstić information content (AvgIpc) is 3.18. The molecule has 1 saturated carbocycles. The van der Waals surface area contributed by atoms with Gasteiger partial charge in [-0.05, 0) is 48.3 Å². The van der Waals surface area contributed by atoms with Crippen molar-refractivity contribution in [2.45, 2.75) is 45.1 Å². The van der Waals surface area contributed by atoms with E-state index in [0.29, 0.717) is 23.9 Å². The second-order valence-corrected chi connectivity index (χ2v) is 7.88. The number of rotatable bonds is 6. The first-order valence-corrected chi connectivity index (χ1v) is 8.58. The van der Waals surface area contributed by atoms with Crippen molar-refractivity contribution in [1.82, 2.24) is 4.72 Å². The van der Waals surface area contributed by atoms with Gasteiger partial charge in [-0.15, -0.1) is 0 Å². The van der Waals surface area contributed by atoms with Crippen LogP contribution in [0.25, 0.3) is 0 Å². The number of aryl methyl sites for hydroxylation is 1. The van der Waals surface area contributed by atoms with Gasteiger partial charge in [-0.2, -0.15) is 0 Å². The van der Waals surface area contributed by atoms with Crippen LogP contribution in [0, 0.1) is 18.3 Å². The third-order valence-electron chi connectivity index (χ3n) is 4.51. The summed E-state index contributed by atoms with van der Waals surface area (Å²) in [4.78, 5) is 0.347. The molecule has 1 aromatic carbocycles. The van der Waals surface area contributed by atoms with Crippen LogP contribution in [0.1, 0.15) is 37.8 Å². The van der Waals surface area contributed by atoms with Crippen molar-refractivity contribution in [3.8, 4) is 0 Å². The van der Waals surface area contributed by atoms with E-state index in [1.807, 2.05) is 19.1 Å². The van der Waals surface area contributed by atoms with E-state index in [0.717, 1.165) is 24.0 Å². The highest BCUT2D eigenvalue weighted by Gasteiger charge is 2.45. The second-order valence-electron chi connectivity index (χ2n) is 6.15. The molecule has 1 aliphatic rings. The highest BCUT2D eigenvalue weighted by Crippen LogP contribution is 2.51. The number of benzene rings is 1. The molecule has 0 spiro atoms. The second kappa shape index (κ2) is 5.47. The van der Waals surface area contributed by atoms with Crippen LogP contribution in [0.5, 0.6) is 0 Å². The lowest BCUT2D eigenvalue weighted by Crippen LogP contribution is -2.33. The van der Waals surface area contributed by atoms with Crippen LogP contribution in [0.4, 0.5) is 0 Å². The Hall–Kier alpha value is -0.910. The molecule has 1 aromatic rings. The Morgan fingerprint density at radius 3 is 2.50 bits per heavy atom. The molecule has 20 heavy (non-hydrogen) atoms.